The minimum atomic E-state index is -0.365. The van der Waals surface area contributed by atoms with E-state index >= 15 is 0 Å². The average molecular weight is 254 g/mol. The van der Waals surface area contributed by atoms with Crippen LogP contribution in [0.5, 0.6) is 0 Å². The van der Waals surface area contributed by atoms with Crippen LogP contribution in [0.15, 0.2) is 4.52 Å². The molecule has 2 aliphatic rings. The maximum absolute atomic E-state index is 11.6. The molecule has 5 nitrogen and oxygen atoms in total. The molecule has 1 aromatic heterocycles. The Morgan fingerprint density at radius 2 is 2.35 bits per heavy atom. The van der Waals surface area contributed by atoms with Gasteiger partial charge in [0, 0.05) is 12.9 Å². The van der Waals surface area contributed by atoms with Crippen molar-refractivity contribution in [1.29, 1.82) is 0 Å². The SMILES string of the molecule is COC1(c2noc(C3CSCC3=O)n2)CCC1. The van der Waals surface area contributed by atoms with Crippen LogP contribution in [0.1, 0.15) is 36.9 Å². The minimum Gasteiger partial charge on any atom is -0.370 e. The monoisotopic (exact) mass is 254 g/mol. The number of carbonyl (C=O) groups is 1. The second kappa shape index (κ2) is 4.10. The first-order valence-corrected chi connectivity index (χ1v) is 6.90. The van der Waals surface area contributed by atoms with Crippen LogP contribution >= 0.6 is 11.8 Å². The van der Waals surface area contributed by atoms with Gasteiger partial charge >= 0.3 is 0 Å². The Kier molecular flexibility index (Phi) is 2.71. The van der Waals surface area contributed by atoms with Gasteiger partial charge in [-0.3, -0.25) is 4.79 Å². The Bertz CT molecular complexity index is 436. The van der Waals surface area contributed by atoms with Crippen LogP contribution in [0, 0.1) is 0 Å². The molecule has 0 N–H and O–H groups in total. The summed E-state index contributed by atoms with van der Waals surface area (Å²) in [6.45, 7) is 0. The molecule has 2 fully saturated rings. The lowest BCUT2D eigenvalue weighted by atomic mass is 9.79. The molecule has 0 aromatic carbocycles. The number of rotatable bonds is 3. The molecule has 0 amide bonds. The predicted octanol–water partition coefficient (Wildman–Crippen LogP) is 1.49. The predicted molar refractivity (Wildman–Crippen MR) is 61.9 cm³/mol. The molecule has 2 heterocycles. The lowest BCUT2D eigenvalue weighted by Crippen LogP contribution is -2.37. The Hall–Kier alpha value is -0.880. The first-order valence-electron chi connectivity index (χ1n) is 5.75. The quantitative estimate of drug-likeness (QED) is 0.814. The van der Waals surface area contributed by atoms with E-state index in [1.165, 1.54) is 0 Å². The molecule has 1 saturated heterocycles. The van der Waals surface area contributed by atoms with Gasteiger partial charge in [-0.05, 0) is 19.3 Å². The van der Waals surface area contributed by atoms with Crippen molar-refractivity contribution in [1.82, 2.24) is 10.1 Å². The molecule has 0 spiro atoms. The number of carbonyl (C=O) groups excluding carboxylic acids is 1. The molecule has 3 rings (SSSR count). The lowest BCUT2D eigenvalue weighted by molar-refractivity contribution is -0.117. The highest BCUT2D eigenvalue weighted by molar-refractivity contribution is 8.00. The number of thioether (sulfide) groups is 1. The van der Waals surface area contributed by atoms with Crippen molar-refractivity contribution in [2.24, 2.45) is 0 Å². The normalized spacial score (nSPS) is 27.1. The summed E-state index contributed by atoms with van der Waals surface area (Å²) in [7, 11) is 1.67. The zero-order valence-electron chi connectivity index (χ0n) is 9.64. The van der Waals surface area contributed by atoms with Crippen molar-refractivity contribution in [3.8, 4) is 0 Å². The number of hydrogen-bond donors (Lipinski definition) is 0. The summed E-state index contributed by atoms with van der Waals surface area (Å²) in [4.78, 5) is 16.0. The Labute approximate surface area is 103 Å². The van der Waals surface area contributed by atoms with Gasteiger partial charge in [0.15, 0.2) is 5.78 Å². The van der Waals surface area contributed by atoms with Crippen molar-refractivity contribution < 1.29 is 14.1 Å². The summed E-state index contributed by atoms with van der Waals surface area (Å²) < 4.78 is 10.7. The number of aromatic nitrogens is 2. The zero-order chi connectivity index (χ0) is 11.9. The minimum absolute atomic E-state index is 0.185. The average Bonchev–Trinajstić information content (AvgIpc) is 2.86. The zero-order valence-corrected chi connectivity index (χ0v) is 10.5. The third-order valence-electron chi connectivity index (χ3n) is 3.62. The van der Waals surface area contributed by atoms with Gasteiger partial charge in [0.1, 0.15) is 11.5 Å². The summed E-state index contributed by atoms with van der Waals surface area (Å²) in [5.74, 6) is 2.34. The number of ketones is 1. The van der Waals surface area contributed by atoms with E-state index in [1.807, 2.05) is 0 Å². The van der Waals surface area contributed by atoms with Crippen LogP contribution in [0.2, 0.25) is 0 Å². The van der Waals surface area contributed by atoms with E-state index in [0.29, 0.717) is 17.5 Å². The number of hydrogen-bond acceptors (Lipinski definition) is 6. The van der Waals surface area contributed by atoms with Crippen molar-refractivity contribution in [3.05, 3.63) is 11.7 Å². The number of Topliss-reactive ketones (excluding diaryl/α,β-unsaturated/α-hetero) is 1. The molecular weight excluding hydrogens is 240 g/mol. The maximum atomic E-state index is 11.6. The third-order valence-corrected chi connectivity index (χ3v) is 4.67. The highest BCUT2D eigenvalue weighted by Crippen LogP contribution is 2.43. The molecule has 0 radical (unpaired) electrons. The fraction of sp³-hybridized carbons (Fsp3) is 0.727. The highest BCUT2D eigenvalue weighted by Gasteiger charge is 2.44. The molecule has 1 unspecified atom stereocenters. The van der Waals surface area contributed by atoms with Crippen molar-refractivity contribution in [2.45, 2.75) is 30.8 Å². The molecular formula is C11H14N2O3S. The standard InChI is InChI=1S/C11H14N2O3S/c1-15-11(3-2-4-11)10-12-9(16-13-10)7-5-17-6-8(7)14/h7H,2-6H2,1H3. The first-order chi connectivity index (χ1) is 8.25. The maximum Gasteiger partial charge on any atom is 0.238 e. The van der Waals surface area contributed by atoms with Crippen LogP contribution in [-0.4, -0.2) is 34.5 Å². The molecule has 1 aromatic rings. The van der Waals surface area contributed by atoms with E-state index in [-0.39, 0.29) is 17.3 Å². The van der Waals surface area contributed by atoms with Gasteiger partial charge in [-0.15, -0.1) is 0 Å². The topological polar surface area (TPSA) is 65.2 Å². The van der Waals surface area contributed by atoms with Crippen LogP contribution in [0.25, 0.3) is 0 Å². The molecule has 1 aliphatic heterocycles. The molecule has 17 heavy (non-hydrogen) atoms. The lowest BCUT2D eigenvalue weighted by Gasteiger charge is -2.37. The van der Waals surface area contributed by atoms with Crippen LogP contribution in [0.3, 0.4) is 0 Å². The molecule has 92 valence electrons. The summed E-state index contributed by atoms with van der Waals surface area (Å²) in [5, 5.41) is 3.99. The van der Waals surface area contributed by atoms with E-state index in [0.717, 1.165) is 25.0 Å². The number of methoxy groups -OCH3 is 1. The molecule has 6 heteroatoms. The summed E-state index contributed by atoms with van der Waals surface area (Å²) in [6.07, 6.45) is 2.97. The van der Waals surface area contributed by atoms with Crippen LogP contribution in [0.4, 0.5) is 0 Å². The summed E-state index contributed by atoms with van der Waals surface area (Å²) >= 11 is 1.62. The van der Waals surface area contributed by atoms with E-state index in [2.05, 4.69) is 10.1 Å². The van der Waals surface area contributed by atoms with Crippen LogP contribution in [-0.2, 0) is 15.1 Å². The van der Waals surface area contributed by atoms with Crippen LogP contribution < -0.4 is 0 Å². The molecule has 0 bridgehead atoms. The van der Waals surface area contributed by atoms with Crippen molar-refractivity contribution >= 4 is 17.5 Å². The van der Waals surface area contributed by atoms with E-state index in [1.54, 1.807) is 18.9 Å². The highest BCUT2D eigenvalue weighted by atomic mass is 32.2. The van der Waals surface area contributed by atoms with Gasteiger partial charge in [0.2, 0.25) is 11.7 Å². The van der Waals surface area contributed by atoms with Crippen molar-refractivity contribution in [3.63, 3.8) is 0 Å². The molecule has 1 saturated carbocycles. The van der Waals surface area contributed by atoms with Gasteiger partial charge < -0.3 is 9.26 Å². The summed E-state index contributed by atoms with van der Waals surface area (Å²) in [6, 6.07) is 0. The fourth-order valence-electron chi connectivity index (χ4n) is 2.26. The largest absolute Gasteiger partial charge is 0.370 e. The van der Waals surface area contributed by atoms with Gasteiger partial charge in [-0.2, -0.15) is 16.7 Å². The Balaban J connectivity index is 1.85. The molecule has 1 aliphatic carbocycles. The van der Waals surface area contributed by atoms with Gasteiger partial charge in [-0.1, -0.05) is 5.16 Å². The Morgan fingerprint density at radius 1 is 1.53 bits per heavy atom. The third kappa shape index (κ3) is 1.70. The second-order valence-electron chi connectivity index (χ2n) is 4.54. The van der Waals surface area contributed by atoms with Gasteiger partial charge in [0.05, 0.1) is 5.75 Å². The smallest absolute Gasteiger partial charge is 0.238 e. The van der Waals surface area contributed by atoms with Gasteiger partial charge in [0.25, 0.3) is 0 Å². The van der Waals surface area contributed by atoms with E-state index in [4.69, 9.17) is 9.26 Å². The summed E-state index contributed by atoms with van der Waals surface area (Å²) in [5.41, 5.74) is -0.365. The number of nitrogens with zero attached hydrogens (tertiary/aromatic N) is 2. The van der Waals surface area contributed by atoms with E-state index in [9.17, 15) is 4.79 Å². The van der Waals surface area contributed by atoms with E-state index < -0.39 is 0 Å². The molecule has 1 atom stereocenters. The van der Waals surface area contributed by atoms with Crippen molar-refractivity contribution in [2.75, 3.05) is 18.6 Å². The first kappa shape index (κ1) is 11.2. The Morgan fingerprint density at radius 3 is 2.88 bits per heavy atom. The fourth-order valence-corrected chi connectivity index (χ4v) is 3.34. The number of ether oxygens (including phenoxy) is 1. The van der Waals surface area contributed by atoms with Gasteiger partial charge in [-0.25, -0.2) is 0 Å². The second-order valence-corrected chi connectivity index (χ2v) is 5.57.